The Balaban J connectivity index is 2.02. The SMILES string of the molecule is NC[C@H]1Cc2c(ccc3c2CCCC3)O1. The lowest BCUT2D eigenvalue weighted by molar-refractivity contribution is 0.241. The van der Waals surface area contributed by atoms with E-state index in [1.165, 1.54) is 31.2 Å². The maximum Gasteiger partial charge on any atom is 0.123 e. The van der Waals surface area contributed by atoms with E-state index in [2.05, 4.69) is 12.1 Å². The van der Waals surface area contributed by atoms with Crippen molar-refractivity contribution in [3.05, 3.63) is 28.8 Å². The molecule has 0 spiro atoms. The summed E-state index contributed by atoms with van der Waals surface area (Å²) in [7, 11) is 0. The van der Waals surface area contributed by atoms with Gasteiger partial charge in [-0.15, -0.1) is 0 Å². The molecule has 0 unspecified atom stereocenters. The predicted octanol–water partition coefficient (Wildman–Crippen LogP) is 1.83. The Bertz CT molecular complexity index is 386. The number of hydrogen-bond donors (Lipinski definition) is 1. The van der Waals surface area contributed by atoms with Crippen molar-refractivity contribution in [2.45, 2.75) is 38.2 Å². The Labute approximate surface area is 90.4 Å². The lowest BCUT2D eigenvalue weighted by Crippen LogP contribution is -2.24. The van der Waals surface area contributed by atoms with Gasteiger partial charge in [-0.3, -0.25) is 0 Å². The van der Waals surface area contributed by atoms with Crippen LogP contribution in [0, 0.1) is 0 Å². The van der Waals surface area contributed by atoms with E-state index in [1.807, 2.05) is 0 Å². The van der Waals surface area contributed by atoms with E-state index >= 15 is 0 Å². The maximum atomic E-state index is 5.80. The minimum Gasteiger partial charge on any atom is -0.488 e. The van der Waals surface area contributed by atoms with Crippen LogP contribution in [0.15, 0.2) is 12.1 Å². The van der Waals surface area contributed by atoms with Crippen molar-refractivity contribution >= 4 is 0 Å². The molecular formula is C13H17NO. The first-order valence-electron chi connectivity index (χ1n) is 5.89. The highest BCUT2D eigenvalue weighted by Gasteiger charge is 2.26. The second-order valence-corrected chi connectivity index (χ2v) is 4.57. The van der Waals surface area contributed by atoms with Crippen LogP contribution >= 0.6 is 0 Å². The molecule has 0 saturated carbocycles. The molecule has 2 nitrogen and oxygen atoms in total. The van der Waals surface area contributed by atoms with Crippen molar-refractivity contribution in [2.24, 2.45) is 5.73 Å². The van der Waals surface area contributed by atoms with Crippen LogP contribution in [-0.2, 0) is 19.3 Å². The number of fused-ring (bicyclic) bond motifs is 3. The van der Waals surface area contributed by atoms with Crippen LogP contribution in [0.1, 0.15) is 29.5 Å². The molecule has 0 saturated heterocycles. The summed E-state index contributed by atoms with van der Waals surface area (Å²) >= 11 is 0. The van der Waals surface area contributed by atoms with E-state index in [9.17, 15) is 0 Å². The summed E-state index contributed by atoms with van der Waals surface area (Å²) in [4.78, 5) is 0. The van der Waals surface area contributed by atoms with E-state index in [1.54, 1.807) is 11.1 Å². The van der Waals surface area contributed by atoms with Crippen LogP contribution in [0.2, 0.25) is 0 Å². The van der Waals surface area contributed by atoms with E-state index in [0.29, 0.717) is 6.54 Å². The summed E-state index contributed by atoms with van der Waals surface area (Å²) in [5.74, 6) is 1.09. The molecular weight excluding hydrogens is 186 g/mol. The van der Waals surface area contributed by atoms with Crippen molar-refractivity contribution in [2.75, 3.05) is 6.54 Å². The van der Waals surface area contributed by atoms with Crippen molar-refractivity contribution < 1.29 is 4.74 Å². The zero-order valence-corrected chi connectivity index (χ0v) is 8.96. The Morgan fingerprint density at radius 2 is 2.07 bits per heavy atom. The van der Waals surface area contributed by atoms with Gasteiger partial charge in [-0.1, -0.05) is 6.07 Å². The van der Waals surface area contributed by atoms with Gasteiger partial charge in [-0.05, 0) is 42.9 Å². The summed E-state index contributed by atoms with van der Waals surface area (Å²) in [6.07, 6.45) is 6.39. The topological polar surface area (TPSA) is 35.2 Å². The molecule has 2 aliphatic rings. The average molecular weight is 203 g/mol. The van der Waals surface area contributed by atoms with Gasteiger partial charge < -0.3 is 10.5 Å². The van der Waals surface area contributed by atoms with E-state index < -0.39 is 0 Å². The fourth-order valence-corrected chi connectivity index (χ4v) is 2.80. The van der Waals surface area contributed by atoms with Crippen LogP contribution in [0.25, 0.3) is 0 Å². The number of nitrogens with two attached hydrogens (primary N) is 1. The summed E-state index contributed by atoms with van der Waals surface area (Å²) < 4.78 is 5.80. The Morgan fingerprint density at radius 3 is 2.93 bits per heavy atom. The van der Waals surface area contributed by atoms with Gasteiger partial charge in [0.15, 0.2) is 0 Å². The number of benzene rings is 1. The molecule has 1 aromatic rings. The highest BCUT2D eigenvalue weighted by molar-refractivity contribution is 5.48. The van der Waals surface area contributed by atoms with Crippen LogP contribution in [-0.4, -0.2) is 12.6 Å². The first-order valence-corrected chi connectivity index (χ1v) is 5.89. The predicted molar refractivity (Wildman–Crippen MR) is 60.3 cm³/mol. The van der Waals surface area contributed by atoms with Gasteiger partial charge in [0.1, 0.15) is 11.9 Å². The maximum absolute atomic E-state index is 5.80. The molecule has 2 N–H and O–H groups in total. The van der Waals surface area contributed by atoms with E-state index in [-0.39, 0.29) is 6.10 Å². The Hall–Kier alpha value is -1.02. The standard InChI is InChI=1S/C13H17NO/c14-8-10-7-12-11-4-2-1-3-9(11)5-6-13(12)15-10/h5-6,10H,1-4,7-8,14H2/t10-/m1/s1. The zero-order chi connectivity index (χ0) is 10.3. The molecule has 3 rings (SSSR count). The fraction of sp³-hybridized carbons (Fsp3) is 0.538. The van der Waals surface area contributed by atoms with E-state index in [4.69, 9.17) is 10.5 Å². The first-order chi connectivity index (χ1) is 7.38. The quantitative estimate of drug-likeness (QED) is 0.755. The van der Waals surface area contributed by atoms with Crippen LogP contribution in [0.5, 0.6) is 5.75 Å². The van der Waals surface area contributed by atoms with Crippen LogP contribution in [0.4, 0.5) is 0 Å². The lowest BCUT2D eigenvalue weighted by atomic mass is 9.87. The number of aryl methyl sites for hydroxylation is 1. The molecule has 2 heteroatoms. The van der Waals surface area contributed by atoms with Crippen molar-refractivity contribution in [1.29, 1.82) is 0 Å². The molecule has 1 heterocycles. The summed E-state index contributed by atoms with van der Waals surface area (Å²) in [6, 6.07) is 4.38. The molecule has 1 aliphatic carbocycles. The third kappa shape index (κ3) is 1.44. The van der Waals surface area contributed by atoms with E-state index in [0.717, 1.165) is 12.2 Å². The molecule has 0 radical (unpaired) electrons. The Kier molecular flexibility index (Phi) is 2.17. The number of ether oxygens (including phenoxy) is 1. The van der Waals surface area contributed by atoms with Gasteiger partial charge in [-0.25, -0.2) is 0 Å². The third-order valence-corrected chi connectivity index (χ3v) is 3.60. The Morgan fingerprint density at radius 1 is 1.20 bits per heavy atom. The first kappa shape index (κ1) is 9.22. The molecule has 1 aromatic carbocycles. The second kappa shape index (κ2) is 3.53. The molecule has 15 heavy (non-hydrogen) atoms. The minimum absolute atomic E-state index is 0.216. The number of rotatable bonds is 1. The zero-order valence-electron chi connectivity index (χ0n) is 8.96. The lowest BCUT2D eigenvalue weighted by Gasteiger charge is -2.17. The summed E-state index contributed by atoms with van der Waals surface area (Å²) in [5, 5.41) is 0. The summed E-state index contributed by atoms with van der Waals surface area (Å²) in [6.45, 7) is 0.628. The van der Waals surface area contributed by atoms with Gasteiger partial charge >= 0.3 is 0 Å². The van der Waals surface area contributed by atoms with Crippen LogP contribution < -0.4 is 10.5 Å². The minimum atomic E-state index is 0.216. The van der Waals surface area contributed by atoms with Gasteiger partial charge in [0.25, 0.3) is 0 Å². The van der Waals surface area contributed by atoms with Crippen LogP contribution in [0.3, 0.4) is 0 Å². The molecule has 0 fully saturated rings. The van der Waals surface area contributed by atoms with Gasteiger partial charge in [0, 0.05) is 18.5 Å². The smallest absolute Gasteiger partial charge is 0.123 e. The molecule has 0 amide bonds. The highest BCUT2D eigenvalue weighted by Crippen LogP contribution is 2.36. The van der Waals surface area contributed by atoms with Crippen molar-refractivity contribution in [3.63, 3.8) is 0 Å². The largest absolute Gasteiger partial charge is 0.488 e. The fourth-order valence-electron chi connectivity index (χ4n) is 2.80. The van der Waals surface area contributed by atoms with Crippen molar-refractivity contribution in [3.8, 4) is 5.75 Å². The molecule has 1 aliphatic heterocycles. The molecule has 1 atom stereocenters. The van der Waals surface area contributed by atoms with Gasteiger partial charge in [-0.2, -0.15) is 0 Å². The highest BCUT2D eigenvalue weighted by atomic mass is 16.5. The third-order valence-electron chi connectivity index (χ3n) is 3.60. The van der Waals surface area contributed by atoms with Gasteiger partial charge in [0.05, 0.1) is 0 Å². The monoisotopic (exact) mass is 203 g/mol. The molecule has 80 valence electrons. The average Bonchev–Trinajstić information content (AvgIpc) is 2.72. The van der Waals surface area contributed by atoms with Gasteiger partial charge in [0.2, 0.25) is 0 Å². The normalized spacial score (nSPS) is 23.1. The molecule has 0 bridgehead atoms. The number of hydrogen-bond acceptors (Lipinski definition) is 2. The summed E-state index contributed by atoms with van der Waals surface area (Å²) in [5.41, 5.74) is 10.2. The van der Waals surface area contributed by atoms with Crippen molar-refractivity contribution in [1.82, 2.24) is 0 Å². The second-order valence-electron chi connectivity index (χ2n) is 4.57. The molecule has 0 aromatic heterocycles.